The minimum Gasteiger partial charge on any atom is -0.233 e. The van der Waals surface area contributed by atoms with E-state index in [1.165, 1.54) is 12.1 Å². The summed E-state index contributed by atoms with van der Waals surface area (Å²) in [6.07, 6.45) is 0. The van der Waals surface area contributed by atoms with Crippen molar-refractivity contribution in [2.45, 2.75) is 9.79 Å². The predicted molar refractivity (Wildman–Crippen MR) is 52.8 cm³/mol. The van der Waals surface area contributed by atoms with E-state index >= 15 is 0 Å². The van der Waals surface area contributed by atoms with Gasteiger partial charge < -0.3 is 0 Å². The summed E-state index contributed by atoms with van der Waals surface area (Å²) >= 11 is 0. The van der Waals surface area contributed by atoms with Gasteiger partial charge in [-0.1, -0.05) is 12.1 Å². The number of hydrogen-bond donors (Lipinski definition) is 0. The quantitative estimate of drug-likeness (QED) is 0.821. The molecule has 0 radical (unpaired) electrons. The van der Waals surface area contributed by atoms with Crippen molar-refractivity contribution in [1.29, 1.82) is 0 Å². The van der Waals surface area contributed by atoms with E-state index in [0.29, 0.717) is 0 Å². The molecule has 0 N–H and O–H groups in total. The molecule has 0 aliphatic carbocycles. The molecule has 1 rings (SSSR count). The van der Waals surface area contributed by atoms with Gasteiger partial charge in [0.05, 0.1) is 9.79 Å². The average Bonchev–Trinajstić information content (AvgIpc) is 2.29. The van der Waals surface area contributed by atoms with Crippen LogP contribution in [0.15, 0.2) is 34.1 Å². The van der Waals surface area contributed by atoms with Crippen molar-refractivity contribution in [2.24, 2.45) is 0 Å². The van der Waals surface area contributed by atoms with E-state index in [2.05, 4.69) is 0 Å². The Labute approximate surface area is 91.7 Å². The lowest BCUT2D eigenvalue weighted by atomic mass is 10.4. The van der Waals surface area contributed by atoms with Crippen LogP contribution < -0.4 is 0 Å². The van der Waals surface area contributed by atoms with Crippen LogP contribution in [-0.2, 0) is 19.7 Å². The summed E-state index contributed by atoms with van der Waals surface area (Å²) in [5.74, 6) is 0. The van der Waals surface area contributed by atoms with Crippen molar-refractivity contribution in [3.8, 4) is 0 Å². The molecule has 16 heavy (non-hydrogen) atoms. The summed E-state index contributed by atoms with van der Waals surface area (Å²) in [7, 11) is -8.67. The lowest BCUT2D eigenvalue weighted by molar-refractivity contribution is 0.525. The summed E-state index contributed by atoms with van der Waals surface area (Å²) < 4.78 is 69.4. The second-order valence-electron chi connectivity index (χ2n) is 2.89. The Morgan fingerprint density at radius 2 is 1.12 bits per heavy atom. The van der Waals surface area contributed by atoms with Gasteiger partial charge in [0.25, 0.3) is 0 Å². The highest BCUT2D eigenvalue weighted by Gasteiger charge is 2.25. The third-order valence-electron chi connectivity index (χ3n) is 1.81. The highest BCUT2D eigenvalue weighted by Crippen LogP contribution is 2.23. The van der Waals surface area contributed by atoms with Gasteiger partial charge in [-0.25, -0.2) is 25.6 Å². The molecule has 1 aromatic carbocycles. The molecule has 0 unspecified atom stereocenters. The van der Waals surface area contributed by atoms with E-state index in [-0.39, 0.29) is 0 Å². The summed E-state index contributed by atoms with van der Waals surface area (Å²) in [5.41, 5.74) is 0. The van der Waals surface area contributed by atoms with E-state index in [4.69, 9.17) is 0 Å². The fourth-order valence-electron chi connectivity index (χ4n) is 1.08. The molecule has 0 aliphatic rings. The molecule has 0 spiro atoms. The lowest BCUT2D eigenvalue weighted by Gasteiger charge is -2.06. The monoisotopic (exact) mass is 270 g/mol. The first-order valence-electron chi connectivity index (χ1n) is 4.01. The third-order valence-corrected chi connectivity index (χ3v) is 4.56. The maximum atomic E-state index is 12.3. The third kappa shape index (κ3) is 2.38. The van der Waals surface area contributed by atoms with Crippen molar-refractivity contribution < 1.29 is 25.6 Å². The first kappa shape index (κ1) is 13.0. The minimum atomic E-state index is -4.33. The van der Waals surface area contributed by atoms with Gasteiger partial charge in [0, 0.05) is 0 Å². The van der Waals surface area contributed by atoms with Gasteiger partial charge in [-0.15, -0.1) is 0 Å². The second kappa shape index (κ2) is 4.46. The molecule has 0 amide bonds. The Kier molecular flexibility index (Phi) is 3.64. The average molecular weight is 270 g/mol. The highest BCUT2D eigenvalue weighted by atomic mass is 32.2. The Morgan fingerprint density at radius 3 is 1.38 bits per heavy atom. The van der Waals surface area contributed by atoms with E-state index in [1.807, 2.05) is 0 Å². The van der Waals surface area contributed by atoms with Gasteiger partial charge >= 0.3 is 0 Å². The molecule has 0 saturated carbocycles. The summed E-state index contributed by atoms with van der Waals surface area (Å²) in [4.78, 5) is -1.43. The second-order valence-corrected chi connectivity index (χ2v) is 6.67. The van der Waals surface area contributed by atoms with E-state index in [1.54, 1.807) is 0 Å². The summed E-state index contributed by atoms with van der Waals surface area (Å²) in [6.45, 7) is 0. The molecular weight excluding hydrogens is 262 g/mol. The molecule has 4 nitrogen and oxygen atoms in total. The van der Waals surface area contributed by atoms with Crippen LogP contribution in [0.5, 0.6) is 0 Å². The van der Waals surface area contributed by atoms with Crippen molar-refractivity contribution in [1.82, 2.24) is 0 Å². The molecule has 0 bridgehead atoms. The number of hydrogen-bond acceptors (Lipinski definition) is 4. The Bertz CT molecular complexity index is 525. The van der Waals surface area contributed by atoms with Crippen LogP contribution in [-0.4, -0.2) is 28.8 Å². The van der Waals surface area contributed by atoms with Crippen LogP contribution in [0.1, 0.15) is 0 Å². The van der Waals surface area contributed by atoms with E-state index in [0.717, 1.165) is 12.1 Å². The zero-order chi connectivity index (χ0) is 12.4. The Morgan fingerprint density at radius 1 is 0.812 bits per heavy atom. The minimum absolute atomic E-state index is 0.713. The first-order chi connectivity index (χ1) is 7.35. The van der Waals surface area contributed by atoms with Crippen LogP contribution in [0.4, 0.5) is 8.78 Å². The lowest BCUT2D eigenvalue weighted by Crippen LogP contribution is -2.11. The molecule has 0 atom stereocenters. The van der Waals surface area contributed by atoms with Gasteiger partial charge in [-0.05, 0) is 12.1 Å². The highest BCUT2D eigenvalue weighted by molar-refractivity contribution is 7.94. The standard InChI is InChI=1S/C8H8F2O4S2/c9-5-15(11,12)7-3-1-2-4-8(7)16(13,14)6-10/h1-4H,5-6H2. The predicted octanol–water partition coefficient (Wildman–Crippen LogP) is 1.09. The molecule has 0 fully saturated rings. The SMILES string of the molecule is O=S(=O)(CF)c1ccccc1S(=O)(=O)CF. The Hall–Kier alpha value is -1.02. The fraction of sp³-hybridized carbons (Fsp3) is 0.250. The zero-order valence-electron chi connectivity index (χ0n) is 7.93. The van der Waals surface area contributed by atoms with E-state index < -0.39 is 41.5 Å². The molecule has 0 aliphatic heterocycles. The topological polar surface area (TPSA) is 68.3 Å². The van der Waals surface area contributed by atoms with Gasteiger partial charge in [0.1, 0.15) is 0 Å². The van der Waals surface area contributed by atoms with Crippen molar-refractivity contribution >= 4 is 19.7 Å². The molecule has 1 aromatic rings. The molecule has 8 heteroatoms. The molecule has 0 saturated heterocycles. The fourth-order valence-corrected chi connectivity index (χ4v) is 3.40. The smallest absolute Gasteiger partial charge is 0.208 e. The van der Waals surface area contributed by atoms with E-state index in [9.17, 15) is 25.6 Å². The van der Waals surface area contributed by atoms with Crippen LogP contribution in [0.25, 0.3) is 0 Å². The maximum Gasteiger partial charge on any atom is 0.208 e. The van der Waals surface area contributed by atoms with Crippen LogP contribution in [0, 0.1) is 0 Å². The number of alkyl halides is 2. The van der Waals surface area contributed by atoms with Crippen LogP contribution in [0.3, 0.4) is 0 Å². The number of halogens is 2. The Balaban J connectivity index is 3.57. The van der Waals surface area contributed by atoms with Crippen LogP contribution >= 0.6 is 0 Å². The molecule has 90 valence electrons. The summed E-state index contributed by atoms with van der Waals surface area (Å²) in [6, 6.07) is 0.867. The summed E-state index contributed by atoms with van der Waals surface area (Å²) in [5, 5.41) is 0. The largest absolute Gasteiger partial charge is 0.233 e. The maximum absolute atomic E-state index is 12.3. The number of rotatable bonds is 4. The van der Waals surface area contributed by atoms with Gasteiger partial charge in [0.15, 0.2) is 12.0 Å². The van der Waals surface area contributed by atoms with Crippen molar-refractivity contribution in [3.05, 3.63) is 24.3 Å². The van der Waals surface area contributed by atoms with Crippen molar-refractivity contribution in [2.75, 3.05) is 12.0 Å². The van der Waals surface area contributed by atoms with Gasteiger partial charge in [0.2, 0.25) is 19.7 Å². The zero-order valence-corrected chi connectivity index (χ0v) is 9.56. The van der Waals surface area contributed by atoms with Crippen LogP contribution in [0.2, 0.25) is 0 Å². The number of benzene rings is 1. The van der Waals surface area contributed by atoms with Crippen molar-refractivity contribution in [3.63, 3.8) is 0 Å². The molecule has 0 aromatic heterocycles. The number of sulfone groups is 2. The molecule has 0 heterocycles. The van der Waals surface area contributed by atoms with Gasteiger partial charge in [-0.2, -0.15) is 0 Å². The first-order valence-corrected chi connectivity index (χ1v) is 7.32. The molecular formula is C8H8F2O4S2. The van der Waals surface area contributed by atoms with Gasteiger partial charge in [-0.3, -0.25) is 0 Å². The normalized spacial score (nSPS) is 12.6.